The first-order valence-corrected chi connectivity index (χ1v) is 6.00. The van der Waals surface area contributed by atoms with Crippen molar-refractivity contribution in [1.29, 1.82) is 0 Å². The molecule has 0 aromatic rings. The topological polar surface area (TPSA) is 29.5 Å². The highest BCUT2D eigenvalue weighted by atomic mass is 16.5. The molecule has 1 saturated carbocycles. The highest BCUT2D eigenvalue weighted by molar-refractivity contribution is 4.85. The van der Waals surface area contributed by atoms with Crippen LogP contribution in [0.2, 0.25) is 0 Å². The third-order valence-corrected chi connectivity index (χ3v) is 3.22. The van der Waals surface area contributed by atoms with Crippen LogP contribution in [0.15, 0.2) is 0 Å². The molecular formula is C12H24O2. The monoisotopic (exact) mass is 200 g/mol. The summed E-state index contributed by atoms with van der Waals surface area (Å²) < 4.78 is 5.47. The Labute approximate surface area is 87.7 Å². The van der Waals surface area contributed by atoms with Gasteiger partial charge in [-0.3, -0.25) is 0 Å². The number of hydrogen-bond acceptors (Lipinski definition) is 2. The molecule has 2 nitrogen and oxygen atoms in total. The molecule has 0 amide bonds. The molecule has 1 fully saturated rings. The van der Waals surface area contributed by atoms with Gasteiger partial charge in [0.05, 0.1) is 12.2 Å². The van der Waals surface area contributed by atoms with E-state index in [0.29, 0.717) is 12.5 Å². The smallest absolute Gasteiger partial charge is 0.0882 e. The summed E-state index contributed by atoms with van der Waals surface area (Å²) in [5, 5.41) is 10.3. The zero-order valence-corrected chi connectivity index (χ0v) is 9.59. The van der Waals surface area contributed by atoms with Gasteiger partial charge in [0.15, 0.2) is 0 Å². The van der Waals surface area contributed by atoms with Gasteiger partial charge in [-0.25, -0.2) is 0 Å². The van der Waals surface area contributed by atoms with Gasteiger partial charge in [0, 0.05) is 6.61 Å². The van der Waals surface area contributed by atoms with E-state index < -0.39 is 5.60 Å². The normalized spacial score (nSPS) is 33.2. The lowest BCUT2D eigenvalue weighted by Gasteiger charge is -2.36. The van der Waals surface area contributed by atoms with Crippen LogP contribution in [0.4, 0.5) is 0 Å². The van der Waals surface area contributed by atoms with Crippen LogP contribution in [0, 0.1) is 5.92 Å². The van der Waals surface area contributed by atoms with E-state index in [2.05, 4.69) is 13.8 Å². The van der Waals surface area contributed by atoms with Crippen molar-refractivity contribution in [3.8, 4) is 0 Å². The van der Waals surface area contributed by atoms with Crippen molar-refractivity contribution in [3.05, 3.63) is 0 Å². The van der Waals surface area contributed by atoms with E-state index in [4.69, 9.17) is 4.74 Å². The first-order chi connectivity index (χ1) is 6.70. The lowest BCUT2D eigenvalue weighted by atomic mass is 9.77. The largest absolute Gasteiger partial charge is 0.387 e. The molecule has 0 spiro atoms. The standard InChI is InChI=1S/C12H24O2/c1-3-8-14-10-12(13)7-5-6-11(4-2)9-12/h11,13H,3-10H2,1-2H3. The Bertz CT molecular complexity index is 158. The van der Waals surface area contributed by atoms with Crippen molar-refractivity contribution >= 4 is 0 Å². The van der Waals surface area contributed by atoms with Crippen molar-refractivity contribution in [2.24, 2.45) is 5.92 Å². The van der Waals surface area contributed by atoms with Gasteiger partial charge in [-0.05, 0) is 25.2 Å². The van der Waals surface area contributed by atoms with E-state index >= 15 is 0 Å². The minimum absolute atomic E-state index is 0.520. The average molecular weight is 200 g/mol. The van der Waals surface area contributed by atoms with Crippen LogP contribution in [0.1, 0.15) is 52.4 Å². The van der Waals surface area contributed by atoms with Gasteiger partial charge in [0.25, 0.3) is 0 Å². The molecule has 0 bridgehead atoms. The van der Waals surface area contributed by atoms with Gasteiger partial charge >= 0.3 is 0 Å². The van der Waals surface area contributed by atoms with Gasteiger partial charge < -0.3 is 9.84 Å². The molecule has 14 heavy (non-hydrogen) atoms. The second-order valence-corrected chi connectivity index (χ2v) is 4.65. The summed E-state index contributed by atoms with van der Waals surface area (Å²) in [4.78, 5) is 0. The second-order valence-electron chi connectivity index (χ2n) is 4.65. The Balaban J connectivity index is 2.31. The van der Waals surface area contributed by atoms with Crippen molar-refractivity contribution in [1.82, 2.24) is 0 Å². The maximum Gasteiger partial charge on any atom is 0.0882 e. The summed E-state index contributed by atoms with van der Waals surface area (Å²) >= 11 is 0. The number of aliphatic hydroxyl groups is 1. The lowest BCUT2D eigenvalue weighted by molar-refractivity contribution is -0.0806. The molecule has 0 aliphatic heterocycles. The van der Waals surface area contributed by atoms with Crippen molar-refractivity contribution in [3.63, 3.8) is 0 Å². The Morgan fingerprint density at radius 3 is 2.86 bits per heavy atom. The van der Waals surface area contributed by atoms with E-state index in [9.17, 15) is 5.11 Å². The van der Waals surface area contributed by atoms with Gasteiger partial charge in [0.1, 0.15) is 0 Å². The molecule has 1 aliphatic carbocycles. The maximum atomic E-state index is 10.3. The molecule has 2 heteroatoms. The van der Waals surface area contributed by atoms with Crippen molar-refractivity contribution in [2.45, 2.75) is 58.0 Å². The Hall–Kier alpha value is -0.0800. The van der Waals surface area contributed by atoms with Crippen molar-refractivity contribution < 1.29 is 9.84 Å². The molecule has 0 aromatic heterocycles. The summed E-state index contributed by atoms with van der Waals surface area (Å²) in [7, 11) is 0. The summed E-state index contributed by atoms with van der Waals surface area (Å²) in [5.41, 5.74) is -0.520. The summed E-state index contributed by atoms with van der Waals surface area (Å²) in [6, 6.07) is 0. The lowest BCUT2D eigenvalue weighted by Crippen LogP contribution is -2.39. The molecule has 1 rings (SSSR count). The van der Waals surface area contributed by atoms with E-state index in [1.54, 1.807) is 0 Å². The van der Waals surface area contributed by atoms with Crippen LogP contribution in [0.25, 0.3) is 0 Å². The van der Waals surface area contributed by atoms with Crippen molar-refractivity contribution in [2.75, 3.05) is 13.2 Å². The van der Waals surface area contributed by atoms with Gasteiger partial charge in [-0.15, -0.1) is 0 Å². The quantitative estimate of drug-likeness (QED) is 0.691. The predicted molar refractivity (Wildman–Crippen MR) is 58.3 cm³/mol. The fraction of sp³-hybridized carbons (Fsp3) is 1.00. The van der Waals surface area contributed by atoms with E-state index in [0.717, 1.165) is 32.3 Å². The first-order valence-electron chi connectivity index (χ1n) is 6.00. The number of hydrogen-bond donors (Lipinski definition) is 1. The molecule has 1 N–H and O–H groups in total. The number of rotatable bonds is 5. The highest BCUT2D eigenvalue weighted by Crippen LogP contribution is 2.34. The second kappa shape index (κ2) is 5.72. The maximum absolute atomic E-state index is 10.3. The molecule has 0 aromatic carbocycles. The SMILES string of the molecule is CCCOCC1(O)CCCC(CC)C1. The molecule has 0 saturated heterocycles. The zero-order valence-electron chi connectivity index (χ0n) is 9.59. The average Bonchev–Trinajstić information content (AvgIpc) is 2.18. The molecule has 1 aliphatic rings. The van der Waals surface area contributed by atoms with Crippen LogP contribution in [-0.2, 0) is 4.74 Å². The van der Waals surface area contributed by atoms with Crippen LogP contribution in [0.3, 0.4) is 0 Å². The van der Waals surface area contributed by atoms with E-state index in [1.807, 2.05) is 0 Å². The fourth-order valence-electron chi connectivity index (χ4n) is 2.35. The zero-order chi connectivity index (χ0) is 10.4. The Kier molecular flexibility index (Phi) is 4.90. The van der Waals surface area contributed by atoms with Crippen LogP contribution >= 0.6 is 0 Å². The third-order valence-electron chi connectivity index (χ3n) is 3.22. The molecular weight excluding hydrogens is 176 g/mol. The minimum atomic E-state index is -0.520. The van der Waals surface area contributed by atoms with Gasteiger partial charge in [-0.1, -0.05) is 33.1 Å². The van der Waals surface area contributed by atoms with Gasteiger partial charge in [0.2, 0.25) is 0 Å². The van der Waals surface area contributed by atoms with Crippen LogP contribution in [0.5, 0.6) is 0 Å². The molecule has 2 unspecified atom stereocenters. The predicted octanol–water partition coefficient (Wildman–Crippen LogP) is 2.74. The first kappa shape index (κ1) is 12.0. The van der Waals surface area contributed by atoms with Gasteiger partial charge in [-0.2, -0.15) is 0 Å². The molecule has 84 valence electrons. The third kappa shape index (κ3) is 3.58. The summed E-state index contributed by atoms with van der Waals surface area (Å²) in [6.07, 6.45) is 6.53. The van der Waals surface area contributed by atoms with E-state index in [-0.39, 0.29) is 0 Å². The molecule has 0 radical (unpaired) electrons. The highest BCUT2D eigenvalue weighted by Gasteiger charge is 2.33. The minimum Gasteiger partial charge on any atom is -0.387 e. The molecule has 2 atom stereocenters. The Morgan fingerprint density at radius 2 is 2.21 bits per heavy atom. The van der Waals surface area contributed by atoms with Crippen LogP contribution in [-0.4, -0.2) is 23.9 Å². The fourth-order valence-corrected chi connectivity index (χ4v) is 2.35. The van der Waals surface area contributed by atoms with Crippen LogP contribution < -0.4 is 0 Å². The van der Waals surface area contributed by atoms with E-state index in [1.165, 1.54) is 12.8 Å². The summed E-state index contributed by atoms with van der Waals surface area (Å²) in [5.74, 6) is 0.707. The Morgan fingerprint density at radius 1 is 1.43 bits per heavy atom. The number of ether oxygens (including phenoxy) is 1. The summed E-state index contributed by atoms with van der Waals surface area (Å²) in [6.45, 7) is 5.62. The molecule has 0 heterocycles.